The molecule has 2 unspecified atom stereocenters. The van der Waals surface area contributed by atoms with E-state index in [0.717, 1.165) is 36.9 Å². The summed E-state index contributed by atoms with van der Waals surface area (Å²) in [7, 11) is 0. The Kier molecular flexibility index (Phi) is 6.69. The van der Waals surface area contributed by atoms with Crippen LogP contribution in [0.4, 0.5) is 0 Å². The number of benzene rings is 1. The summed E-state index contributed by atoms with van der Waals surface area (Å²) in [5.41, 5.74) is 4.82. The van der Waals surface area contributed by atoms with E-state index in [0.29, 0.717) is 25.3 Å². The summed E-state index contributed by atoms with van der Waals surface area (Å²) in [4.78, 5) is 66.3. The number of hydrogen-bond acceptors (Lipinski definition) is 10. The number of imide groups is 2. The molecular formula is C25H29N7O6. The zero-order valence-corrected chi connectivity index (χ0v) is 21.0. The second-order valence-electron chi connectivity index (χ2n) is 9.94. The molecule has 0 spiro atoms. The fraction of sp³-hybridized carbons (Fsp3) is 0.480. The fourth-order valence-electron chi connectivity index (χ4n) is 4.91. The predicted octanol–water partition coefficient (Wildman–Crippen LogP) is 0.0255. The number of carbonyl (C=O) groups excluding carboxylic acids is 5. The number of nitrogens with one attached hydrogen (secondary N) is 1. The lowest BCUT2D eigenvalue weighted by molar-refractivity contribution is -0.136. The summed E-state index contributed by atoms with van der Waals surface area (Å²) in [6, 6.07) is 3.70. The van der Waals surface area contributed by atoms with Crippen LogP contribution in [0.3, 0.4) is 0 Å². The second kappa shape index (κ2) is 9.97. The first-order chi connectivity index (χ1) is 18.2. The van der Waals surface area contributed by atoms with Gasteiger partial charge in [0.2, 0.25) is 17.7 Å². The molecular weight excluding hydrogens is 494 g/mol. The van der Waals surface area contributed by atoms with Crippen molar-refractivity contribution in [3.05, 3.63) is 41.2 Å². The number of amides is 5. The van der Waals surface area contributed by atoms with E-state index in [9.17, 15) is 24.0 Å². The van der Waals surface area contributed by atoms with Crippen LogP contribution in [0.2, 0.25) is 0 Å². The Labute approximate surface area is 218 Å². The molecule has 0 aromatic heterocycles. The molecule has 0 bridgehead atoms. The van der Waals surface area contributed by atoms with Crippen molar-refractivity contribution in [3.63, 3.8) is 0 Å². The van der Waals surface area contributed by atoms with Gasteiger partial charge >= 0.3 is 0 Å². The molecule has 3 N–H and O–H groups in total. The van der Waals surface area contributed by atoms with Crippen molar-refractivity contribution in [2.75, 3.05) is 39.3 Å². The van der Waals surface area contributed by atoms with E-state index in [2.05, 4.69) is 25.3 Å². The van der Waals surface area contributed by atoms with E-state index in [1.165, 1.54) is 12.1 Å². The van der Waals surface area contributed by atoms with E-state index in [-0.39, 0.29) is 24.0 Å². The maximum absolute atomic E-state index is 13.0. The number of rotatable bonds is 7. The Morgan fingerprint density at radius 2 is 1.87 bits per heavy atom. The lowest BCUT2D eigenvalue weighted by Gasteiger charge is -2.36. The minimum absolute atomic E-state index is 0.0723. The smallest absolute Gasteiger partial charge is 0.262 e. The number of nitrogens with zero attached hydrogens (tertiary/aromatic N) is 5. The first-order valence-electron chi connectivity index (χ1n) is 12.5. The number of hydrogen-bond donors (Lipinski definition) is 2. The van der Waals surface area contributed by atoms with Crippen molar-refractivity contribution < 1.29 is 28.7 Å². The minimum Gasteiger partial charge on any atom is -0.492 e. The highest BCUT2D eigenvalue weighted by molar-refractivity contribution is 6.23. The molecule has 5 amide bonds. The molecule has 2 saturated heterocycles. The number of primary amides is 1. The SMILES string of the molecule is CC1(C(N)=O)CC=C(N2CCN(CCOc3ccc4c(c3)C(=O)N(C3CCC(=O)NC3=O)C4=O)CC2)N=N1. The average molecular weight is 524 g/mol. The van der Waals surface area contributed by atoms with Crippen molar-refractivity contribution in [1.82, 2.24) is 20.0 Å². The number of ether oxygens (including phenoxy) is 1. The third kappa shape index (κ3) is 4.76. The van der Waals surface area contributed by atoms with Crippen LogP contribution in [0.5, 0.6) is 5.75 Å². The van der Waals surface area contributed by atoms with Crippen LogP contribution in [-0.2, 0) is 14.4 Å². The summed E-state index contributed by atoms with van der Waals surface area (Å²) >= 11 is 0. The van der Waals surface area contributed by atoms with E-state index >= 15 is 0 Å². The summed E-state index contributed by atoms with van der Waals surface area (Å²) in [6.07, 6.45) is 2.51. The number of nitrogens with two attached hydrogens (primary N) is 1. The van der Waals surface area contributed by atoms with Crippen LogP contribution in [0.25, 0.3) is 0 Å². The molecule has 4 heterocycles. The molecule has 4 aliphatic heterocycles. The van der Waals surface area contributed by atoms with Gasteiger partial charge in [-0.25, -0.2) is 0 Å². The molecule has 4 aliphatic rings. The van der Waals surface area contributed by atoms with Crippen LogP contribution in [-0.4, -0.2) is 95.1 Å². The molecule has 200 valence electrons. The zero-order valence-electron chi connectivity index (χ0n) is 21.0. The molecule has 13 heteroatoms. The molecule has 1 aromatic carbocycles. The van der Waals surface area contributed by atoms with E-state index in [4.69, 9.17) is 10.5 Å². The van der Waals surface area contributed by atoms with Crippen molar-refractivity contribution in [2.24, 2.45) is 16.0 Å². The van der Waals surface area contributed by atoms with Gasteiger partial charge in [-0.1, -0.05) is 0 Å². The van der Waals surface area contributed by atoms with E-state index < -0.39 is 41.1 Å². The summed E-state index contributed by atoms with van der Waals surface area (Å²) < 4.78 is 5.87. The maximum atomic E-state index is 13.0. The van der Waals surface area contributed by atoms with Gasteiger partial charge in [0.1, 0.15) is 24.2 Å². The van der Waals surface area contributed by atoms with Gasteiger partial charge in [0.25, 0.3) is 11.8 Å². The molecule has 0 saturated carbocycles. The largest absolute Gasteiger partial charge is 0.492 e. The fourth-order valence-corrected chi connectivity index (χ4v) is 4.91. The molecule has 5 rings (SSSR count). The maximum Gasteiger partial charge on any atom is 0.262 e. The quantitative estimate of drug-likeness (QED) is 0.472. The number of piperidine rings is 1. The van der Waals surface area contributed by atoms with Gasteiger partial charge in [-0.05, 0) is 37.6 Å². The Balaban J connectivity index is 1.11. The first-order valence-corrected chi connectivity index (χ1v) is 12.5. The van der Waals surface area contributed by atoms with Gasteiger partial charge in [0.15, 0.2) is 5.54 Å². The molecule has 13 nitrogen and oxygen atoms in total. The molecule has 0 radical (unpaired) electrons. The Morgan fingerprint density at radius 1 is 1.13 bits per heavy atom. The highest BCUT2D eigenvalue weighted by Gasteiger charge is 2.44. The highest BCUT2D eigenvalue weighted by atomic mass is 16.5. The second-order valence-corrected chi connectivity index (χ2v) is 9.94. The van der Waals surface area contributed by atoms with E-state index in [1.807, 2.05) is 6.08 Å². The summed E-state index contributed by atoms with van der Waals surface area (Å²) in [5, 5.41) is 10.5. The summed E-state index contributed by atoms with van der Waals surface area (Å²) in [6.45, 7) is 5.82. The van der Waals surface area contributed by atoms with Gasteiger partial charge in [0, 0.05) is 45.6 Å². The first kappa shape index (κ1) is 25.5. The van der Waals surface area contributed by atoms with Crippen LogP contribution in [0.15, 0.2) is 40.3 Å². The number of azo groups is 1. The van der Waals surface area contributed by atoms with Crippen molar-refractivity contribution >= 4 is 29.5 Å². The number of carbonyl (C=O) groups is 5. The molecule has 2 fully saturated rings. The summed E-state index contributed by atoms with van der Waals surface area (Å²) in [5.74, 6) is -1.44. The normalized spacial score (nSPS) is 25.8. The van der Waals surface area contributed by atoms with Gasteiger partial charge in [-0.2, -0.15) is 5.11 Å². The lowest BCUT2D eigenvalue weighted by Crippen LogP contribution is -2.54. The minimum atomic E-state index is -0.998. The van der Waals surface area contributed by atoms with Crippen LogP contribution < -0.4 is 15.8 Å². The van der Waals surface area contributed by atoms with Gasteiger partial charge in [-0.3, -0.25) is 39.1 Å². The topological polar surface area (TPSA) is 167 Å². The molecule has 38 heavy (non-hydrogen) atoms. The van der Waals surface area contributed by atoms with Crippen LogP contribution in [0, 0.1) is 0 Å². The Bertz CT molecular complexity index is 1270. The lowest BCUT2D eigenvalue weighted by atomic mass is 9.97. The predicted molar refractivity (Wildman–Crippen MR) is 132 cm³/mol. The zero-order chi connectivity index (χ0) is 27.0. The van der Waals surface area contributed by atoms with Crippen molar-refractivity contribution in [3.8, 4) is 5.75 Å². The Hall–Kier alpha value is -4.13. The van der Waals surface area contributed by atoms with E-state index in [1.54, 1.807) is 13.0 Å². The monoisotopic (exact) mass is 523 g/mol. The van der Waals surface area contributed by atoms with Gasteiger partial charge in [-0.15, -0.1) is 5.11 Å². The van der Waals surface area contributed by atoms with Crippen molar-refractivity contribution in [2.45, 2.75) is 37.8 Å². The Morgan fingerprint density at radius 3 is 2.53 bits per heavy atom. The van der Waals surface area contributed by atoms with Crippen LogP contribution >= 0.6 is 0 Å². The molecule has 0 aliphatic carbocycles. The van der Waals surface area contributed by atoms with Crippen LogP contribution in [0.1, 0.15) is 46.9 Å². The standard InChI is InChI=1S/C25H29N7O6/c1-25(24(26)37)7-6-19(28-29-25)31-10-8-30(9-11-31)12-13-38-15-2-3-16-17(14-15)23(36)32(22(16)35)18-4-5-20(33)27-21(18)34/h2-3,6,14,18H,4-5,7-13H2,1H3,(H2,26,37)(H,27,33,34). The van der Waals surface area contributed by atoms with Gasteiger partial charge < -0.3 is 15.4 Å². The average Bonchev–Trinajstić information content (AvgIpc) is 3.14. The van der Waals surface area contributed by atoms with Crippen molar-refractivity contribution in [1.29, 1.82) is 0 Å². The highest BCUT2D eigenvalue weighted by Crippen LogP contribution is 2.30. The third-order valence-electron chi connectivity index (χ3n) is 7.37. The number of piperazine rings is 1. The molecule has 1 aromatic rings. The van der Waals surface area contributed by atoms with Gasteiger partial charge in [0.05, 0.1) is 11.1 Å². The molecule has 2 atom stereocenters. The number of fused-ring (bicyclic) bond motifs is 1. The third-order valence-corrected chi connectivity index (χ3v) is 7.37.